The van der Waals surface area contributed by atoms with Gasteiger partial charge in [-0.3, -0.25) is 10.1 Å². The summed E-state index contributed by atoms with van der Waals surface area (Å²) in [4.78, 5) is 14.9. The van der Waals surface area contributed by atoms with Crippen LogP contribution < -0.4 is 5.32 Å². The molecular weight excluding hydrogens is 358 g/mol. The summed E-state index contributed by atoms with van der Waals surface area (Å²) in [5.74, 6) is 0.645. The first-order valence-electron chi connectivity index (χ1n) is 6.66. The predicted octanol–water partition coefficient (Wildman–Crippen LogP) is 4.73. The van der Waals surface area contributed by atoms with Gasteiger partial charge in [-0.05, 0) is 31.0 Å². The summed E-state index contributed by atoms with van der Waals surface area (Å²) in [5, 5.41) is 15.1. The first kappa shape index (κ1) is 16.0. The van der Waals surface area contributed by atoms with Crippen LogP contribution in [-0.4, -0.2) is 22.3 Å². The SMILES string of the molecule is O=[N+]([O-])c1cnc2cc(Br)ccc2c1NCCCCCCl. The number of alkyl halides is 1. The number of benzene rings is 1. The zero-order valence-corrected chi connectivity index (χ0v) is 13.7. The van der Waals surface area contributed by atoms with Crippen molar-refractivity contribution in [1.82, 2.24) is 4.98 Å². The molecule has 0 fully saturated rings. The molecule has 2 rings (SSSR count). The van der Waals surface area contributed by atoms with Gasteiger partial charge in [0.25, 0.3) is 0 Å². The summed E-state index contributed by atoms with van der Waals surface area (Å²) in [6.07, 6.45) is 4.17. The second kappa shape index (κ2) is 7.56. The molecule has 0 unspecified atom stereocenters. The maximum Gasteiger partial charge on any atom is 0.311 e. The van der Waals surface area contributed by atoms with E-state index in [2.05, 4.69) is 26.2 Å². The number of nitrogens with zero attached hydrogens (tertiary/aromatic N) is 2. The lowest BCUT2D eigenvalue weighted by atomic mass is 10.1. The Morgan fingerprint density at radius 2 is 2.14 bits per heavy atom. The molecule has 0 aliphatic carbocycles. The highest BCUT2D eigenvalue weighted by atomic mass is 79.9. The molecule has 0 atom stereocenters. The Balaban J connectivity index is 2.28. The number of rotatable bonds is 7. The fourth-order valence-electron chi connectivity index (χ4n) is 2.09. The lowest BCUT2D eigenvalue weighted by molar-refractivity contribution is -0.384. The molecule has 5 nitrogen and oxygen atoms in total. The Labute approximate surface area is 136 Å². The van der Waals surface area contributed by atoms with E-state index in [0.717, 1.165) is 34.6 Å². The number of halogens is 2. The van der Waals surface area contributed by atoms with Gasteiger partial charge in [0.2, 0.25) is 0 Å². The largest absolute Gasteiger partial charge is 0.379 e. The molecule has 0 saturated heterocycles. The topological polar surface area (TPSA) is 68.1 Å². The number of unbranched alkanes of at least 4 members (excludes halogenated alkanes) is 2. The molecular formula is C14H15BrClN3O2. The lowest BCUT2D eigenvalue weighted by Gasteiger charge is -2.10. The summed E-state index contributed by atoms with van der Waals surface area (Å²) in [5.41, 5.74) is 1.25. The monoisotopic (exact) mass is 371 g/mol. The van der Waals surface area contributed by atoms with Crippen molar-refractivity contribution in [2.24, 2.45) is 0 Å². The molecule has 0 aliphatic heterocycles. The van der Waals surface area contributed by atoms with Crippen LogP contribution in [-0.2, 0) is 0 Å². The zero-order valence-electron chi connectivity index (χ0n) is 11.3. The number of aromatic nitrogens is 1. The van der Waals surface area contributed by atoms with Gasteiger partial charge in [0.05, 0.1) is 10.4 Å². The molecule has 0 radical (unpaired) electrons. The smallest absolute Gasteiger partial charge is 0.311 e. The van der Waals surface area contributed by atoms with Crippen LogP contribution in [0.5, 0.6) is 0 Å². The zero-order chi connectivity index (χ0) is 15.2. The number of fused-ring (bicyclic) bond motifs is 1. The fourth-order valence-corrected chi connectivity index (χ4v) is 2.63. The van der Waals surface area contributed by atoms with E-state index in [0.29, 0.717) is 18.1 Å². The first-order valence-corrected chi connectivity index (χ1v) is 7.98. The van der Waals surface area contributed by atoms with Gasteiger partial charge in [0.1, 0.15) is 11.9 Å². The van der Waals surface area contributed by atoms with Crippen molar-refractivity contribution >= 4 is 49.8 Å². The van der Waals surface area contributed by atoms with E-state index in [-0.39, 0.29) is 5.69 Å². The average molecular weight is 373 g/mol. The van der Waals surface area contributed by atoms with Crippen molar-refractivity contribution in [2.75, 3.05) is 17.7 Å². The van der Waals surface area contributed by atoms with Crippen molar-refractivity contribution in [3.8, 4) is 0 Å². The van der Waals surface area contributed by atoms with E-state index < -0.39 is 4.92 Å². The summed E-state index contributed by atoms with van der Waals surface area (Å²) in [7, 11) is 0. The van der Waals surface area contributed by atoms with Gasteiger partial charge in [-0.2, -0.15) is 0 Å². The van der Waals surface area contributed by atoms with Crippen molar-refractivity contribution < 1.29 is 4.92 Å². The maximum atomic E-state index is 11.2. The summed E-state index contributed by atoms with van der Waals surface area (Å²) in [6.45, 7) is 0.674. The summed E-state index contributed by atoms with van der Waals surface area (Å²) >= 11 is 9.01. The number of hydrogen-bond donors (Lipinski definition) is 1. The molecule has 112 valence electrons. The van der Waals surface area contributed by atoms with Gasteiger partial charge in [0, 0.05) is 22.3 Å². The quantitative estimate of drug-likeness (QED) is 0.330. The third-order valence-corrected chi connectivity index (χ3v) is 3.88. The number of pyridine rings is 1. The first-order chi connectivity index (χ1) is 10.1. The Hall–Kier alpha value is -1.40. The van der Waals surface area contributed by atoms with Crippen LogP contribution in [0.2, 0.25) is 0 Å². The number of nitro groups is 1. The fraction of sp³-hybridized carbons (Fsp3) is 0.357. The van der Waals surface area contributed by atoms with Crippen LogP contribution >= 0.6 is 27.5 Å². The maximum absolute atomic E-state index is 11.2. The van der Waals surface area contributed by atoms with Gasteiger partial charge < -0.3 is 5.32 Å². The molecule has 0 amide bonds. The molecule has 2 aromatic rings. The average Bonchev–Trinajstić information content (AvgIpc) is 2.46. The molecule has 0 spiro atoms. The Kier molecular flexibility index (Phi) is 5.76. The predicted molar refractivity (Wildman–Crippen MR) is 89.2 cm³/mol. The van der Waals surface area contributed by atoms with Crippen molar-refractivity contribution in [3.63, 3.8) is 0 Å². The standard InChI is InChI=1S/C14H15BrClN3O2/c15-10-4-5-11-12(8-10)18-9-13(19(20)21)14(11)17-7-3-1-2-6-16/h4-5,8-9H,1-3,6-7H2,(H,17,18). The summed E-state index contributed by atoms with van der Waals surface area (Å²) < 4.78 is 0.893. The van der Waals surface area contributed by atoms with Crippen LogP contribution in [0.3, 0.4) is 0 Å². The van der Waals surface area contributed by atoms with Gasteiger partial charge in [-0.15, -0.1) is 11.6 Å². The summed E-state index contributed by atoms with van der Waals surface area (Å²) in [6, 6.07) is 5.53. The van der Waals surface area contributed by atoms with E-state index in [1.807, 2.05) is 18.2 Å². The number of hydrogen-bond acceptors (Lipinski definition) is 4. The van der Waals surface area contributed by atoms with E-state index in [1.54, 1.807) is 0 Å². The van der Waals surface area contributed by atoms with E-state index in [4.69, 9.17) is 11.6 Å². The number of nitrogens with one attached hydrogen (secondary N) is 1. The molecule has 1 aromatic heterocycles. The highest BCUT2D eigenvalue weighted by molar-refractivity contribution is 9.10. The molecule has 0 saturated carbocycles. The Morgan fingerprint density at radius 1 is 1.33 bits per heavy atom. The van der Waals surface area contributed by atoms with Crippen molar-refractivity contribution in [3.05, 3.63) is 39.0 Å². The third kappa shape index (κ3) is 4.04. The molecule has 1 N–H and O–H groups in total. The highest BCUT2D eigenvalue weighted by Crippen LogP contribution is 2.32. The molecule has 21 heavy (non-hydrogen) atoms. The minimum atomic E-state index is -0.407. The lowest BCUT2D eigenvalue weighted by Crippen LogP contribution is -2.05. The normalized spacial score (nSPS) is 10.8. The Morgan fingerprint density at radius 3 is 2.86 bits per heavy atom. The van der Waals surface area contributed by atoms with Crippen LogP contribution in [0.15, 0.2) is 28.9 Å². The Bertz CT molecular complexity index is 651. The van der Waals surface area contributed by atoms with Gasteiger partial charge in [-0.25, -0.2) is 4.98 Å². The van der Waals surface area contributed by atoms with E-state index in [9.17, 15) is 10.1 Å². The second-order valence-corrected chi connectivity index (χ2v) is 5.91. The van der Waals surface area contributed by atoms with E-state index >= 15 is 0 Å². The minimum Gasteiger partial charge on any atom is -0.379 e. The third-order valence-electron chi connectivity index (χ3n) is 3.12. The van der Waals surface area contributed by atoms with Crippen LogP contribution in [0.25, 0.3) is 10.9 Å². The van der Waals surface area contributed by atoms with E-state index in [1.165, 1.54) is 6.20 Å². The second-order valence-electron chi connectivity index (χ2n) is 4.61. The van der Waals surface area contributed by atoms with Crippen LogP contribution in [0, 0.1) is 10.1 Å². The van der Waals surface area contributed by atoms with Gasteiger partial charge >= 0.3 is 5.69 Å². The number of anilines is 1. The molecule has 1 aromatic carbocycles. The minimum absolute atomic E-state index is 0.00201. The van der Waals surface area contributed by atoms with Crippen molar-refractivity contribution in [1.29, 1.82) is 0 Å². The molecule has 0 aliphatic rings. The molecule has 0 bridgehead atoms. The molecule has 7 heteroatoms. The van der Waals surface area contributed by atoms with Gasteiger partial charge in [-0.1, -0.05) is 22.4 Å². The van der Waals surface area contributed by atoms with Crippen molar-refractivity contribution in [2.45, 2.75) is 19.3 Å². The van der Waals surface area contributed by atoms with Gasteiger partial charge in [0.15, 0.2) is 0 Å². The molecule has 1 heterocycles. The van der Waals surface area contributed by atoms with Crippen LogP contribution in [0.4, 0.5) is 11.4 Å². The van der Waals surface area contributed by atoms with Crippen LogP contribution in [0.1, 0.15) is 19.3 Å². The highest BCUT2D eigenvalue weighted by Gasteiger charge is 2.17.